The van der Waals surface area contributed by atoms with Gasteiger partial charge in [-0.2, -0.15) is 0 Å². The molecule has 0 saturated carbocycles. The molecule has 0 fully saturated rings. The molecule has 0 aliphatic rings. The summed E-state index contributed by atoms with van der Waals surface area (Å²) in [6.07, 6.45) is 3.86. The second-order valence-electron chi connectivity index (χ2n) is 1.52. The normalized spacial score (nSPS) is 10.2. The molecule has 4 nitrogen and oxygen atoms in total. The van der Waals surface area contributed by atoms with Gasteiger partial charge in [0.05, 0.1) is 0 Å². The van der Waals surface area contributed by atoms with E-state index in [1.807, 2.05) is 0 Å². The monoisotopic (exact) mass is 120 g/mol. The molecule has 2 heterocycles. The molecule has 0 unspecified atom stereocenters. The third kappa shape index (κ3) is 0.561. The fourth-order valence-electron chi connectivity index (χ4n) is 0.587. The first-order chi connectivity index (χ1) is 4.47. The van der Waals surface area contributed by atoms with Crippen LogP contribution in [0.5, 0.6) is 0 Å². The van der Waals surface area contributed by atoms with E-state index in [4.69, 9.17) is 4.42 Å². The van der Waals surface area contributed by atoms with Crippen molar-refractivity contribution < 1.29 is 4.42 Å². The van der Waals surface area contributed by atoms with Gasteiger partial charge < -0.3 is 4.42 Å². The van der Waals surface area contributed by atoms with Crippen molar-refractivity contribution in [1.29, 1.82) is 0 Å². The van der Waals surface area contributed by atoms with Gasteiger partial charge in [0.2, 0.25) is 0 Å². The van der Waals surface area contributed by atoms with Crippen LogP contribution in [0.25, 0.3) is 11.2 Å². The topological polar surface area (TPSA) is 51.8 Å². The Morgan fingerprint density at radius 1 is 1.56 bits per heavy atom. The predicted octanol–water partition coefficient (Wildman–Crippen LogP) is 0.418. The van der Waals surface area contributed by atoms with Crippen LogP contribution in [0.2, 0.25) is 0 Å². The molecule has 0 aliphatic carbocycles. The molecule has 4 heteroatoms. The number of nitrogens with zero attached hydrogens (tertiary/aromatic N) is 3. The maximum atomic E-state index is 4.81. The fourth-order valence-corrected chi connectivity index (χ4v) is 0.587. The van der Waals surface area contributed by atoms with Crippen LogP contribution < -0.4 is 0 Å². The Balaban J connectivity index is 2.95. The van der Waals surface area contributed by atoms with Gasteiger partial charge in [0.1, 0.15) is 11.7 Å². The van der Waals surface area contributed by atoms with Crippen LogP contribution in [0.4, 0.5) is 0 Å². The highest BCUT2D eigenvalue weighted by Gasteiger charge is 1.94. The van der Waals surface area contributed by atoms with Crippen molar-refractivity contribution in [2.24, 2.45) is 0 Å². The van der Waals surface area contributed by atoms with Gasteiger partial charge in [-0.1, -0.05) is 0 Å². The largest absolute Gasteiger partial charge is 0.424 e. The minimum absolute atomic E-state index is 0.453. The van der Waals surface area contributed by atoms with Gasteiger partial charge in [-0.25, -0.2) is 4.98 Å². The van der Waals surface area contributed by atoms with Crippen molar-refractivity contribution in [3.05, 3.63) is 18.7 Å². The summed E-state index contributed by atoms with van der Waals surface area (Å²) in [5.41, 5.74) is 1.14. The number of oxazole rings is 1. The Morgan fingerprint density at radius 2 is 2.56 bits per heavy atom. The van der Waals surface area contributed by atoms with Crippen LogP contribution in [0, 0.1) is 6.20 Å². The van der Waals surface area contributed by atoms with Crippen LogP contribution in [0.1, 0.15) is 0 Å². The van der Waals surface area contributed by atoms with E-state index < -0.39 is 0 Å². The lowest BCUT2D eigenvalue weighted by Crippen LogP contribution is -1.77. The molecule has 0 aliphatic heterocycles. The molecule has 2 aromatic heterocycles. The molecule has 0 aromatic carbocycles. The molecule has 43 valence electrons. The van der Waals surface area contributed by atoms with Gasteiger partial charge in [-0.05, 0) is 6.07 Å². The van der Waals surface area contributed by atoms with Gasteiger partial charge in [0.25, 0.3) is 5.71 Å². The van der Waals surface area contributed by atoms with E-state index in [1.54, 1.807) is 6.07 Å². The molecular formula is C5H2N3O. The summed E-state index contributed by atoms with van der Waals surface area (Å²) in [7, 11) is 0. The van der Waals surface area contributed by atoms with Crippen molar-refractivity contribution in [3.63, 3.8) is 0 Å². The minimum Gasteiger partial charge on any atom is -0.424 e. The van der Waals surface area contributed by atoms with Crippen LogP contribution >= 0.6 is 0 Å². The van der Waals surface area contributed by atoms with Gasteiger partial charge in [-0.3, -0.25) is 0 Å². The van der Waals surface area contributed by atoms with E-state index >= 15 is 0 Å². The lowest BCUT2D eigenvalue weighted by molar-refractivity contribution is 0.585. The van der Waals surface area contributed by atoms with E-state index in [9.17, 15) is 0 Å². The Kier molecular flexibility index (Phi) is 0.745. The average molecular weight is 120 g/mol. The Morgan fingerprint density at radius 3 is 3.44 bits per heavy atom. The molecule has 9 heavy (non-hydrogen) atoms. The Labute approximate surface area is 50.5 Å². The van der Waals surface area contributed by atoms with Crippen molar-refractivity contribution in [2.75, 3.05) is 0 Å². The smallest absolute Gasteiger partial charge is 0.266 e. The van der Waals surface area contributed by atoms with E-state index in [2.05, 4.69) is 21.4 Å². The molecular weight excluding hydrogens is 118 g/mol. The van der Waals surface area contributed by atoms with E-state index in [1.165, 1.54) is 6.39 Å². The molecule has 0 N–H and O–H groups in total. The zero-order valence-electron chi connectivity index (χ0n) is 4.40. The third-order valence-electron chi connectivity index (χ3n) is 0.975. The lowest BCUT2D eigenvalue weighted by Gasteiger charge is -1.76. The van der Waals surface area contributed by atoms with Crippen molar-refractivity contribution in [1.82, 2.24) is 15.2 Å². The van der Waals surface area contributed by atoms with E-state index in [0.29, 0.717) is 11.2 Å². The van der Waals surface area contributed by atoms with Gasteiger partial charge >= 0.3 is 0 Å². The van der Waals surface area contributed by atoms with E-state index in [0.717, 1.165) is 0 Å². The van der Waals surface area contributed by atoms with Crippen molar-refractivity contribution in [3.8, 4) is 0 Å². The highest BCUT2D eigenvalue weighted by atomic mass is 16.3. The molecule has 0 spiro atoms. The molecule has 1 radical (unpaired) electrons. The first-order valence-corrected chi connectivity index (χ1v) is 2.40. The van der Waals surface area contributed by atoms with Crippen LogP contribution in [0.15, 0.2) is 16.9 Å². The summed E-state index contributed by atoms with van der Waals surface area (Å²) < 4.78 is 4.81. The number of aromatic nitrogens is 3. The highest BCUT2D eigenvalue weighted by molar-refractivity contribution is 5.65. The zero-order chi connectivity index (χ0) is 6.10. The van der Waals surface area contributed by atoms with Crippen LogP contribution in [-0.4, -0.2) is 15.2 Å². The number of hydrogen-bond acceptors (Lipinski definition) is 4. The second-order valence-corrected chi connectivity index (χ2v) is 1.52. The summed E-state index contributed by atoms with van der Waals surface area (Å²) in [6.45, 7) is 0. The number of fused-ring (bicyclic) bond motifs is 1. The van der Waals surface area contributed by atoms with Gasteiger partial charge in [-0.15, -0.1) is 10.2 Å². The van der Waals surface area contributed by atoms with Crippen LogP contribution in [-0.2, 0) is 0 Å². The lowest BCUT2D eigenvalue weighted by atomic mass is 10.5. The van der Waals surface area contributed by atoms with Gasteiger partial charge in [0.15, 0.2) is 6.39 Å². The quantitative estimate of drug-likeness (QED) is 0.505. The van der Waals surface area contributed by atoms with E-state index in [-0.39, 0.29) is 0 Å². The summed E-state index contributed by atoms with van der Waals surface area (Å²) in [4.78, 5) is 3.82. The first kappa shape index (κ1) is 4.43. The maximum absolute atomic E-state index is 4.81. The summed E-state index contributed by atoms with van der Waals surface area (Å²) in [5, 5.41) is 7.08. The van der Waals surface area contributed by atoms with Crippen molar-refractivity contribution in [2.45, 2.75) is 0 Å². The standard InChI is InChI=1S/C5H2N3O/c1-2-7-8-5-4(1)6-3-9-5/h1,3H. The van der Waals surface area contributed by atoms with Gasteiger partial charge in [0, 0.05) is 0 Å². The summed E-state index contributed by atoms with van der Waals surface area (Å²) in [5.74, 6) is 0. The SMILES string of the molecule is [c]1cc2ncoc2nn1. The number of hydrogen-bond donors (Lipinski definition) is 0. The highest BCUT2D eigenvalue weighted by Crippen LogP contribution is 2.03. The third-order valence-corrected chi connectivity index (χ3v) is 0.975. The molecule has 0 amide bonds. The summed E-state index contributed by atoms with van der Waals surface area (Å²) >= 11 is 0. The first-order valence-electron chi connectivity index (χ1n) is 2.40. The maximum Gasteiger partial charge on any atom is 0.266 e. The average Bonchev–Trinajstić information content (AvgIpc) is 2.33. The molecule has 2 rings (SSSR count). The minimum atomic E-state index is 0.453. The molecule has 0 atom stereocenters. The fraction of sp³-hybridized carbons (Fsp3) is 0. The molecule has 0 saturated heterocycles. The predicted molar refractivity (Wildman–Crippen MR) is 28.4 cm³/mol. The summed E-state index contributed by atoms with van der Waals surface area (Å²) in [6, 6.07) is 1.62. The Bertz CT molecular complexity index is 286. The second kappa shape index (κ2) is 1.51. The molecule has 0 bridgehead atoms. The van der Waals surface area contributed by atoms with Crippen molar-refractivity contribution >= 4 is 11.2 Å². The Hall–Kier alpha value is -1.45. The number of rotatable bonds is 0. The zero-order valence-corrected chi connectivity index (χ0v) is 4.40. The van der Waals surface area contributed by atoms with Crippen LogP contribution in [0.3, 0.4) is 0 Å². The molecule has 2 aromatic rings.